The molecule has 1 heterocycles. The van der Waals surface area contributed by atoms with Crippen molar-refractivity contribution in [3.05, 3.63) is 53.4 Å². The van der Waals surface area contributed by atoms with Crippen LogP contribution >= 0.6 is 0 Å². The lowest BCUT2D eigenvalue weighted by atomic mass is 10.2. The number of nitrogens with zero attached hydrogens (tertiary/aromatic N) is 1. The van der Waals surface area contributed by atoms with Crippen LogP contribution in [-0.2, 0) is 11.0 Å². The Kier molecular flexibility index (Phi) is 7.28. The van der Waals surface area contributed by atoms with Crippen LogP contribution in [0.25, 0.3) is 0 Å². The van der Waals surface area contributed by atoms with Crippen molar-refractivity contribution in [3.63, 3.8) is 0 Å². The predicted molar refractivity (Wildman–Crippen MR) is 97.7 cm³/mol. The van der Waals surface area contributed by atoms with Crippen molar-refractivity contribution in [2.75, 3.05) is 6.54 Å². The van der Waals surface area contributed by atoms with Crippen molar-refractivity contribution in [3.8, 4) is 0 Å². The number of H-pyrrole nitrogens is 1. The van der Waals surface area contributed by atoms with Gasteiger partial charge in [-0.2, -0.15) is 5.10 Å². The first-order valence-electron chi connectivity index (χ1n) is 8.84. The maximum absolute atomic E-state index is 13.3. The number of hydrogen-bond acceptors (Lipinski definition) is 3. The van der Waals surface area contributed by atoms with Crippen molar-refractivity contribution >= 4 is 8.32 Å². The van der Waals surface area contributed by atoms with E-state index in [4.69, 9.17) is 4.43 Å². The highest BCUT2D eigenvalue weighted by molar-refractivity contribution is 6.73. The molecule has 0 fully saturated rings. The molecule has 0 saturated heterocycles. The molecule has 25 heavy (non-hydrogen) atoms. The van der Waals surface area contributed by atoms with E-state index in [1.165, 1.54) is 12.1 Å². The van der Waals surface area contributed by atoms with Crippen LogP contribution in [0.15, 0.2) is 30.5 Å². The second-order valence-electron chi connectivity index (χ2n) is 6.27. The molecule has 0 aliphatic heterocycles. The van der Waals surface area contributed by atoms with Crippen LogP contribution in [0.2, 0.25) is 18.1 Å². The van der Waals surface area contributed by atoms with Crippen LogP contribution in [-0.4, -0.2) is 25.1 Å². The number of rotatable bonds is 10. The zero-order chi connectivity index (χ0) is 18.3. The van der Waals surface area contributed by atoms with Gasteiger partial charge in [0.25, 0.3) is 0 Å². The number of halogens is 2. The lowest BCUT2D eigenvalue weighted by Crippen LogP contribution is -2.39. The van der Waals surface area contributed by atoms with Crippen molar-refractivity contribution in [1.29, 1.82) is 0 Å². The SMILES string of the molecule is CC[Si](CC)(CC)OC(CNCc1cc(F)cc(F)c1)c1ccn[nH]1. The van der Waals surface area contributed by atoms with Gasteiger partial charge >= 0.3 is 0 Å². The summed E-state index contributed by atoms with van der Waals surface area (Å²) in [4.78, 5) is 0. The Morgan fingerprint density at radius 3 is 2.28 bits per heavy atom. The molecule has 2 N–H and O–H groups in total. The molecule has 7 heteroatoms. The van der Waals surface area contributed by atoms with Crippen LogP contribution < -0.4 is 5.32 Å². The van der Waals surface area contributed by atoms with E-state index in [9.17, 15) is 8.78 Å². The Hall–Kier alpha value is -1.57. The van der Waals surface area contributed by atoms with Crippen LogP contribution in [0.5, 0.6) is 0 Å². The minimum absolute atomic E-state index is 0.146. The summed E-state index contributed by atoms with van der Waals surface area (Å²) < 4.78 is 33.2. The predicted octanol–water partition coefficient (Wildman–Crippen LogP) is 4.54. The molecule has 4 nitrogen and oxygen atoms in total. The third-order valence-corrected chi connectivity index (χ3v) is 9.43. The molecule has 1 atom stereocenters. The normalized spacial score (nSPS) is 13.2. The van der Waals surface area contributed by atoms with E-state index in [-0.39, 0.29) is 6.10 Å². The summed E-state index contributed by atoms with van der Waals surface area (Å²) in [5.41, 5.74) is 1.50. The molecule has 0 amide bonds. The number of hydrogen-bond donors (Lipinski definition) is 2. The highest BCUT2D eigenvalue weighted by Gasteiger charge is 2.32. The first-order valence-corrected chi connectivity index (χ1v) is 11.4. The van der Waals surface area contributed by atoms with Crippen LogP contribution in [0, 0.1) is 11.6 Å². The summed E-state index contributed by atoms with van der Waals surface area (Å²) in [5, 5.41) is 10.3. The quantitative estimate of drug-likeness (QED) is 0.606. The van der Waals surface area contributed by atoms with Crippen LogP contribution in [0.3, 0.4) is 0 Å². The highest BCUT2D eigenvalue weighted by atomic mass is 28.4. The lowest BCUT2D eigenvalue weighted by Gasteiger charge is -2.33. The average molecular weight is 368 g/mol. The summed E-state index contributed by atoms with van der Waals surface area (Å²) in [6.45, 7) is 7.49. The van der Waals surface area contributed by atoms with Gasteiger partial charge in [0, 0.05) is 25.4 Å². The third-order valence-electron chi connectivity index (χ3n) is 4.78. The molecule has 0 radical (unpaired) electrons. The molecule has 0 saturated carbocycles. The van der Waals surface area contributed by atoms with E-state index < -0.39 is 20.0 Å². The summed E-state index contributed by atoms with van der Waals surface area (Å²) >= 11 is 0. The van der Waals surface area contributed by atoms with Gasteiger partial charge in [-0.15, -0.1) is 0 Å². The molecule has 0 spiro atoms. The minimum atomic E-state index is -1.79. The maximum Gasteiger partial charge on any atom is 0.193 e. The number of aromatic nitrogens is 2. The van der Waals surface area contributed by atoms with Crippen molar-refractivity contribution < 1.29 is 13.2 Å². The molecular formula is C18H27F2N3OSi. The van der Waals surface area contributed by atoms with Crippen molar-refractivity contribution in [2.45, 2.75) is 51.6 Å². The van der Waals surface area contributed by atoms with Crippen molar-refractivity contribution in [1.82, 2.24) is 15.5 Å². The summed E-state index contributed by atoms with van der Waals surface area (Å²) in [5.74, 6) is -1.12. The number of aromatic amines is 1. The Balaban J connectivity index is 2.04. The Morgan fingerprint density at radius 2 is 1.76 bits per heavy atom. The first-order chi connectivity index (χ1) is 12.0. The van der Waals surface area contributed by atoms with E-state index in [0.29, 0.717) is 18.7 Å². The molecule has 2 rings (SSSR count). The Bertz CT molecular complexity index is 619. The Labute approximate surface area is 149 Å². The summed E-state index contributed by atoms with van der Waals surface area (Å²) in [6, 6.07) is 8.63. The zero-order valence-electron chi connectivity index (χ0n) is 15.1. The molecule has 138 valence electrons. The third kappa shape index (κ3) is 5.45. The van der Waals surface area contributed by atoms with Gasteiger partial charge in [0.1, 0.15) is 11.6 Å². The fourth-order valence-electron chi connectivity index (χ4n) is 3.02. The molecule has 0 aliphatic carbocycles. The molecule has 0 bridgehead atoms. The monoisotopic (exact) mass is 367 g/mol. The van der Waals surface area contributed by atoms with Gasteiger partial charge in [-0.3, -0.25) is 5.10 Å². The topological polar surface area (TPSA) is 49.9 Å². The van der Waals surface area contributed by atoms with E-state index in [0.717, 1.165) is 29.9 Å². The van der Waals surface area contributed by atoms with Gasteiger partial charge < -0.3 is 9.74 Å². The van der Waals surface area contributed by atoms with Gasteiger partial charge in [-0.25, -0.2) is 8.78 Å². The molecule has 2 aromatic rings. The molecule has 1 unspecified atom stereocenters. The van der Waals surface area contributed by atoms with Crippen molar-refractivity contribution in [2.24, 2.45) is 0 Å². The number of nitrogens with one attached hydrogen (secondary N) is 2. The smallest absolute Gasteiger partial charge is 0.193 e. The second kappa shape index (κ2) is 9.21. The fourth-order valence-corrected chi connectivity index (χ4v) is 5.84. The highest BCUT2D eigenvalue weighted by Crippen LogP contribution is 2.28. The van der Waals surface area contributed by atoms with Gasteiger partial charge in [-0.1, -0.05) is 20.8 Å². The summed E-state index contributed by atoms with van der Waals surface area (Å²) in [7, 11) is -1.79. The average Bonchev–Trinajstić information content (AvgIpc) is 3.12. The first kappa shape index (κ1) is 19.7. The van der Waals surface area contributed by atoms with Crippen LogP contribution in [0.1, 0.15) is 38.1 Å². The van der Waals surface area contributed by atoms with E-state index in [1.807, 2.05) is 6.07 Å². The van der Waals surface area contributed by atoms with Crippen LogP contribution in [0.4, 0.5) is 8.78 Å². The van der Waals surface area contributed by atoms with Gasteiger partial charge in [0.15, 0.2) is 8.32 Å². The standard InChI is InChI=1S/C18H27F2N3OSi/c1-4-25(5-2,6-3)24-18(17-7-8-22-23-17)13-21-12-14-9-15(19)11-16(20)10-14/h7-11,18,21H,4-6,12-13H2,1-3H3,(H,22,23). The fraction of sp³-hybridized carbons (Fsp3) is 0.500. The van der Waals surface area contributed by atoms with Gasteiger partial charge in [-0.05, 0) is 41.9 Å². The molecule has 1 aromatic carbocycles. The summed E-state index contributed by atoms with van der Waals surface area (Å²) in [6.07, 6.45) is 1.56. The minimum Gasteiger partial charge on any atom is -0.407 e. The molecule has 1 aromatic heterocycles. The number of benzene rings is 1. The largest absolute Gasteiger partial charge is 0.407 e. The van der Waals surface area contributed by atoms with E-state index in [2.05, 4.69) is 36.3 Å². The Morgan fingerprint density at radius 1 is 1.12 bits per heavy atom. The van der Waals surface area contributed by atoms with Gasteiger partial charge in [0.2, 0.25) is 0 Å². The van der Waals surface area contributed by atoms with Gasteiger partial charge in [0.05, 0.1) is 11.8 Å². The lowest BCUT2D eigenvalue weighted by molar-refractivity contribution is 0.181. The van der Waals surface area contributed by atoms with E-state index >= 15 is 0 Å². The molecule has 0 aliphatic rings. The zero-order valence-corrected chi connectivity index (χ0v) is 16.1. The molecular weight excluding hydrogens is 340 g/mol. The van der Waals surface area contributed by atoms with E-state index in [1.54, 1.807) is 6.20 Å². The second-order valence-corrected chi connectivity index (χ2v) is 11.0. The maximum atomic E-state index is 13.3.